The lowest BCUT2D eigenvalue weighted by Crippen LogP contribution is -2.51. The molecule has 2 unspecified atom stereocenters. The van der Waals surface area contributed by atoms with Gasteiger partial charge in [-0.1, -0.05) is 6.92 Å². The highest BCUT2D eigenvalue weighted by Gasteiger charge is 2.48. The van der Waals surface area contributed by atoms with Crippen molar-refractivity contribution < 1.29 is 22.7 Å². The molecule has 2 atom stereocenters. The number of nitrogens with zero attached hydrogens (tertiary/aromatic N) is 1. The Labute approximate surface area is 117 Å². The summed E-state index contributed by atoms with van der Waals surface area (Å²) >= 11 is 0. The molecule has 0 aliphatic heterocycles. The second kappa shape index (κ2) is 6.76. The fraction of sp³-hybridized carbons (Fsp3) is 0.923. The van der Waals surface area contributed by atoms with Gasteiger partial charge < -0.3 is 10.1 Å². The van der Waals surface area contributed by atoms with Crippen LogP contribution in [0.4, 0.5) is 13.2 Å². The van der Waals surface area contributed by atoms with Crippen molar-refractivity contribution in [2.75, 3.05) is 26.7 Å². The molecular weight excluding hydrogens is 273 g/mol. The first kappa shape index (κ1) is 17.2. The molecule has 1 fully saturated rings. The van der Waals surface area contributed by atoms with Crippen LogP contribution in [-0.4, -0.2) is 55.4 Å². The molecule has 0 amide bonds. The first-order valence-corrected chi connectivity index (χ1v) is 6.95. The van der Waals surface area contributed by atoms with E-state index in [0.717, 1.165) is 0 Å². The monoisotopic (exact) mass is 296 g/mol. The number of hydrogen-bond donors (Lipinski definition) is 1. The summed E-state index contributed by atoms with van der Waals surface area (Å²) in [6.45, 7) is 3.07. The Balaban J connectivity index is 2.74. The van der Waals surface area contributed by atoms with Gasteiger partial charge in [0, 0.05) is 6.04 Å². The smallest absolute Gasteiger partial charge is 0.401 e. The molecule has 0 saturated heterocycles. The molecule has 4 nitrogen and oxygen atoms in total. The Morgan fingerprint density at radius 2 is 2.10 bits per heavy atom. The highest BCUT2D eigenvalue weighted by atomic mass is 19.4. The van der Waals surface area contributed by atoms with Crippen LogP contribution in [0.15, 0.2) is 0 Å². The largest absolute Gasteiger partial charge is 0.465 e. The Hall–Kier alpha value is -0.820. The van der Waals surface area contributed by atoms with Gasteiger partial charge in [-0.2, -0.15) is 13.2 Å². The van der Waals surface area contributed by atoms with Crippen molar-refractivity contribution >= 4 is 5.97 Å². The lowest BCUT2D eigenvalue weighted by atomic mass is 9.97. The third-order valence-electron chi connectivity index (χ3n) is 3.94. The maximum atomic E-state index is 12.6. The third-order valence-corrected chi connectivity index (χ3v) is 3.94. The predicted octanol–water partition coefficient (Wildman–Crippen LogP) is 1.94. The van der Waals surface area contributed by atoms with Gasteiger partial charge in [-0.15, -0.1) is 0 Å². The maximum absolute atomic E-state index is 12.6. The van der Waals surface area contributed by atoms with Crippen molar-refractivity contribution in [1.82, 2.24) is 10.2 Å². The van der Waals surface area contributed by atoms with Crippen LogP contribution in [0.1, 0.15) is 33.1 Å². The first-order valence-electron chi connectivity index (χ1n) is 6.95. The van der Waals surface area contributed by atoms with Gasteiger partial charge in [0.1, 0.15) is 5.54 Å². The lowest BCUT2D eigenvalue weighted by Gasteiger charge is -2.31. The minimum Gasteiger partial charge on any atom is -0.465 e. The van der Waals surface area contributed by atoms with Crippen molar-refractivity contribution in [2.45, 2.75) is 50.9 Å². The zero-order chi connectivity index (χ0) is 15.4. The fourth-order valence-electron chi connectivity index (χ4n) is 2.84. The molecule has 0 radical (unpaired) electrons. The normalized spacial score (nSPS) is 27.1. The van der Waals surface area contributed by atoms with Crippen LogP contribution in [0.3, 0.4) is 0 Å². The maximum Gasteiger partial charge on any atom is 0.401 e. The minimum absolute atomic E-state index is 0.251. The molecule has 0 bridgehead atoms. The van der Waals surface area contributed by atoms with E-state index in [1.165, 1.54) is 4.90 Å². The summed E-state index contributed by atoms with van der Waals surface area (Å²) in [5.41, 5.74) is -0.848. The van der Waals surface area contributed by atoms with Crippen molar-refractivity contribution in [2.24, 2.45) is 0 Å². The molecule has 1 N–H and O–H groups in total. The molecule has 0 spiro atoms. The number of hydrogen-bond acceptors (Lipinski definition) is 4. The number of carbonyl (C=O) groups is 1. The van der Waals surface area contributed by atoms with E-state index in [1.54, 1.807) is 20.9 Å². The highest BCUT2D eigenvalue weighted by molar-refractivity contribution is 5.81. The Kier molecular flexibility index (Phi) is 5.82. The Morgan fingerprint density at radius 1 is 1.45 bits per heavy atom. The molecule has 0 aromatic heterocycles. The van der Waals surface area contributed by atoms with Crippen molar-refractivity contribution in [3.63, 3.8) is 0 Å². The first-order chi connectivity index (χ1) is 9.28. The second-order valence-electron chi connectivity index (χ2n) is 5.13. The average molecular weight is 296 g/mol. The number of alkyl halides is 3. The van der Waals surface area contributed by atoms with E-state index in [9.17, 15) is 18.0 Å². The molecule has 0 aromatic carbocycles. The van der Waals surface area contributed by atoms with Crippen LogP contribution in [0.2, 0.25) is 0 Å². The summed E-state index contributed by atoms with van der Waals surface area (Å²) < 4.78 is 42.7. The zero-order valence-electron chi connectivity index (χ0n) is 12.2. The fourth-order valence-corrected chi connectivity index (χ4v) is 2.84. The number of esters is 1. The van der Waals surface area contributed by atoms with Crippen LogP contribution >= 0.6 is 0 Å². The number of halogens is 3. The van der Waals surface area contributed by atoms with Crippen LogP contribution in [-0.2, 0) is 9.53 Å². The molecule has 118 valence electrons. The van der Waals surface area contributed by atoms with E-state index in [4.69, 9.17) is 4.74 Å². The van der Waals surface area contributed by atoms with Gasteiger partial charge in [-0.25, -0.2) is 0 Å². The van der Waals surface area contributed by atoms with Gasteiger partial charge >= 0.3 is 12.1 Å². The van der Waals surface area contributed by atoms with Gasteiger partial charge in [0.25, 0.3) is 0 Å². The molecular formula is C13H23F3N2O2. The minimum atomic E-state index is -4.22. The molecule has 0 heterocycles. The summed E-state index contributed by atoms with van der Waals surface area (Å²) in [4.78, 5) is 13.4. The number of likely N-dealkylation sites (N-methyl/N-ethyl adjacent to an activating group) is 1. The number of carbonyl (C=O) groups excluding carboxylic acids is 1. The second-order valence-corrected chi connectivity index (χ2v) is 5.13. The van der Waals surface area contributed by atoms with Gasteiger partial charge in [0.15, 0.2) is 0 Å². The highest BCUT2D eigenvalue weighted by Crippen LogP contribution is 2.35. The van der Waals surface area contributed by atoms with Crippen molar-refractivity contribution in [3.05, 3.63) is 0 Å². The van der Waals surface area contributed by atoms with E-state index >= 15 is 0 Å². The molecule has 7 heteroatoms. The number of rotatable bonds is 6. The zero-order valence-corrected chi connectivity index (χ0v) is 12.2. The molecule has 1 aliphatic rings. The SMILES string of the molecule is CCOC(=O)C1(NC)CCC(N(CC)CC(F)(F)F)C1. The summed E-state index contributed by atoms with van der Waals surface area (Å²) in [6, 6.07) is -0.251. The molecule has 1 aliphatic carbocycles. The molecule has 20 heavy (non-hydrogen) atoms. The third kappa shape index (κ3) is 4.09. The summed E-state index contributed by atoms with van der Waals surface area (Å²) in [7, 11) is 1.65. The van der Waals surface area contributed by atoms with Crippen LogP contribution < -0.4 is 5.32 Å². The number of ether oxygens (including phenoxy) is 1. The molecule has 1 rings (SSSR count). The van der Waals surface area contributed by atoms with E-state index in [0.29, 0.717) is 25.8 Å². The summed E-state index contributed by atoms with van der Waals surface area (Å²) in [5.74, 6) is -0.368. The Morgan fingerprint density at radius 3 is 2.55 bits per heavy atom. The lowest BCUT2D eigenvalue weighted by molar-refractivity contribution is -0.153. The standard InChI is InChI=1S/C13H23F3N2O2/c1-4-18(9-13(14,15)16)10-6-7-12(8-10,17-3)11(19)20-5-2/h10,17H,4-9H2,1-3H3. The van der Waals surface area contributed by atoms with Crippen molar-refractivity contribution in [3.8, 4) is 0 Å². The van der Waals surface area contributed by atoms with Gasteiger partial charge in [-0.3, -0.25) is 9.69 Å². The predicted molar refractivity (Wildman–Crippen MR) is 69.4 cm³/mol. The molecule has 0 aromatic rings. The summed E-state index contributed by atoms with van der Waals surface area (Å²) in [5, 5.41) is 2.95. The number of nitrogens with one attached hydrogen (secondary N) is 1. The van der Waals surface area contributed by atoms with Crippen molar-refractivity contribution in [1.29, 1.82) is 0 Å². The van der Waals surface area contributed by atoms with Crippen LogP contribution in [0.25, 0.3) is 0 Å². The Bertz CT molecular complexity index is 336. The summed E-state index contributed by atoms with van der Waals surface area (Å²) in [6.07, 6.45) is -2.80. The van der Waals surface area contributed by atoms with E-state index in [1.807, 2.05) is 0 Å². The van der Waals surface area contributed by atoms with Gasteiger partial charge in [0.05, 0.1) is 13.2 Å². The van der Waals surface area contributed by atoms with Crippen LogP contribution in [0.5, 0.6) is 0 Å². The average Bonchev–Trinajstić information content (AvgIpc) is 2.81. The van der Waals surface area contributed by atoms with Gasteiger partial charge in [0.2, 0.25) is 0 Å². The van der Waals surface area contributed by atoms with Crippen LogP contribution in [0, 0.1) is 0 Å². The molecule has 1 saturated carbocycles. The van der Waals surface area contributed by atoms with E-state index < -0.39 is 18.3 Å². The van der Waals surface area contributed by atoms with E-state index in [2.05, 4.69) is 5.32 Å². The van der Waals surface area contributed by atoms with Gasteiger partial charge in [-0.05, 0) is 39.8 Å². The topological polar surface area (TPSA) is 41.6 Å². The quantitative estimate of drug-likeness (QED) is 0.761. The van der Waals surface area contributed by atoms with E-state index in [-0.39, 0.29) is 18.6 Å².